The van der Waals surface area contributed by atoms with Crippen molar-refractivity contribution in [2.45, 2.75) is 46.3 Å². The van der Waals surface area contributed by atoms with Crippen LogP contribution in [0.25, 0.3) is 0 Å². The number of rotatable bonds is 12. The first-order valence-electron chi connectivity index (χ1n) is 10.2. The number of halogens is 1. The molecular formula is C21H36IN3O4. The lowest BCUT2D eigenvalue weighted by atomic mass is 10.1. The van der Waals surface area contributed by atoms with E-state index in [-0.39, 0.29) is 30.1 Å². The third kappa shape index (κ3) is 8.96. The summed E-state index contributed by atoms with van der Waals surface area (Å²) in [5.41, 5.74) is 2.25. The second-order valence-electron chi connectivity index (χ2n) is 6.71. The van der Waals surface area contributed by atoms with Crippen molar-refractivity contribution < 1.29 is 18.9 Å². The van der Waals surface area contributed by atoms with Crippen LogP contribution >= 0.6 is 24.0 Å². The fourth-order valence-electron chi connectivity index (χ4n) is 3.03. The monoisotopic (exact) mass is 521 g/mol. The Morgan fingerprint density at radius 2 is 2.03 bits per heavy atom. The molecule has 8 heteroatoms. The molecule has 0 radical (unpaired) electrons. The van der Waals surface area contributed by atoms with Crippen molar-refractivity contribution in [1.29, 1.82) is 0 Å². The first kappa shape index (κ1) is 25.8. The van der Waals surface area contributed by atoms with E-state index in [0.717, 1.165) is 49.0 Å². The zero-order valence-electron chi connectivity index (χ0n) is 18.1. The van der Waals surface area contributed by atoms with Gasteiger partial charge in [-0.15, -0.1) is 24.0 Å². The van der Waals surface area contributed by atoms with Crippen LogP contribution in [-0.4, -0.2) is 58.7 Å². The summed E-state index contributed by atoms with van der Waals surface area (Å²) in [7, 11) is 1.68. The van der Waals surface area contributed by atoms with Gasteiger partial charge in [0.15, 0.2) is 5.96 Å². The van der Waals surface area contributed by atoms with Crippen molar-refractivity contribution in [3.63, 3.8) is 0 Å². The van der Waals surface area contributed by atoms with Gasteiger partial charge in [-0.05, 0) is 39.3 Å². The zero-order chi connectivity index (χ0) is 20.2. The lowest BCUT2D eigenvalue weighted by Crippen LogP contribution is -2.38. The summed E-state index contributed by atoms with van der Waals surface area (Å²) in [5.74, 6) is 2.63. The molecule has 1 unspecified atom stereocenters. The molecule has 0 saturated carbocycles. The van der Waals surface area contributed by atoms with Crippen LogP contribution in [0.15, 0.2) is 17.1 Å². The molecule has 0 aromatic heterocycles. The van der Waals surface area contributed by atoms with E-state index in [4.69, 9.17) is 23.9 Å². The third-order valence-corrected chi connectivity index (χ3v) is 4.32. The highest BCUT2D eigenvalue weighted by Crippen LogP contribution is 2.35. The van der Waals surface area contributed by atoms with Crippen LogP contribution in [0, 0.1) is 0 Å². The molecule has 0 aliphatic carbocycles. The Morgan fingerprint density at radius 1 is 1.21 bits per heavy atom. The molecule has 0 bridgehead atoms. The van der Waals surface area contributed by atoms with Crippen molar-refractivity contribution in [2.24, 2.45) is 4.99 Å². The van der Waals surface area contributed by atoms with E-state index in [0.29, 0.717) is 33.0 Å². The van der Waals surface area contributed by atoms with E-state index in [1.54, 1.807) is 7.11 Å². The van der Waals surface area contributed by atoms with Crippen LogP contribution in [0.3, 0.4) is 0 Å². The standard InChI is InChI=1S/C21H35N3O4.HI/c1-5-22-21(23-8-7-9-26-11-10-25-4)24-15-18-14-20-17(12-16(3)28-20)13-19(18)27-6-2;/h13-14,16H,5-12,15H2,1-4H3,(H2,22,23,24);1H. The van der Waals surface area contributed by atoms with Crippen molar-refractivity contribution >= 4 is 29.9 Å². The van der Waals surface area contributed by atoms with Gasteiger partial charge in [0.2, 0.25) is 0 Å². The van der Waals surface area contributed by atoms with Crippen molar-refractivity contribution in [3.8, 4) is 11.5 Å². The number of hydrogen-bond acceptors (Lipinski definition) is 5. The largest absolute Gasteiger partial charge is 0.494 e. The smallest absolute Gasteiger partial charge is 0.191 e. The maximum Gasteiger partial charge on any atom is 0.191 e. The molecule has 2 rings (SSSR count). The number of hydrogen-bond donors (Lipinski definition) is 2. The quantitative estimate of drug-likeness (QED) is 0.191. The number of nitrogens with zero attached hydrogens (tertiary/aromatic N) is 1. The molecular weight excluding hydrogens is 485 g/mol. The van der Waals surface area contributed by atoms with Gasteiger partial charge >= 0.3 is 0 Å². The fourth-order valence-corrected chi connectivity index (χ4v) is 3.03. The molecule has 1 aliphatic rings. The van der Waals surface area contributed by atoms with E-state index in [1.807, 2.05) is 6.92 Å². The predicted molar refractivity (Wildman–Crippen MR) is 127 cm³/mol. The highest BCUT2D eigenvalue weighted by molar-refractivity contribution is 14.0. The summed E-state index contributed by atoms with van der Waals surface area (Å²) in [6, 6.07) is 4.17. The molecule has 7 nitrogen and oxygen atoms in total. The Hall–Kier alpha value is -1.26. The van der Waals surface area contributed by atoms with E-state index in [2.05, 4.69) is 36.6 Å². The molecule has 1 atom stereocenters. The molecule has 1 aromatic rings. The highest BCUT2D eigenvalue weighted by Gasteiger charge is 2.21. The van der Waals surface area contributed by atoms with Gasteiger partial charge in [0.25, 0.3) is 0 Å². The van der Waals surface area contributed by atoms with Gasteiger partial charge in [-0.1, -0.05) is 0 Å². The number of nitrogens with one attached hydrogen (secondary N) is 2. The minimum Gasteiger partial charge on any atom is -0.494 e. The predicted octanol–water partition coefficient (Wildman–Crippen LogP) is 3.13. The SMILES string of the molecule is CCNC(=NCc1cc2c(cc1OCC)CC(C)O2)NCCCOCCOC.I. The summed E-state index contributed by atoms with van der Waals surface area (Å²) < 4.78 is 22.2. The van der Waals surface area contributed by atoms with Crippen molar-refractivity contribution in [2.75, 3.05) is 46.6 Å². The number of benzene rings is 1. The topological polar surface area (TPSA) is 73.3 Å². The summed E-state index contributed by atoms with van der Waals surface area (Å²) >= 11 is 0. The summed E-state index contributed by atoms with van der Waals surface area (Å²) in [4.78, 5) is 4.72. The van der Waals surface area contributed by atoms with E-state index in [9.17, 15) is 0 Å². The second kappa shape index (κ2) is 14.7. The second-order valence-corrected chi connectivity index (χ2v) is 6.71. The third-order valence-electron chi connectivity index (χ3n) is 4.32. The molecule has 0 amide bonds. The van der Waals surface area contributed by atoms with Crippen molar-refractivity contribution in [3.05, 3.63) is 23.3 Å². The molecule has 1 aliphatic heterocycles. The molecule has 2 N–H and O–H groups in total. The van der Waals surface area contributed by atoms with Gasteiger partial charge in [-0.25, -0.2) is 4.99 Å². The van der Waals surface area contributed by atoms with Gasteiger partial charge in [0.05, 0.1) is 26.4 Å². The zero-order valence-corrected chi connectivity index (χ0v) is 20.4. The number of methoxy groups -OCH3 is 1. The molecule has 0 fully saturated rings. The minimum absolute atomic E-state index is 0. The molecule has 29 heavy (non-hydrogen) atoms. The highest BCUT2D eigenvalue weighted by atomic mass is 127. The maximum atomic E-state index is 5.90. The van der Waals surface area contributed by atoms with Gasteiger partial charge in [0, 0.05) is 44.4 Å². The lowest BCUT2D eigenvalue weighted by molar-refractivity contribution is 0.0698. The van der Waals surface area contributed by atoms with E-state index < -0.39 is 0 Å². The molecule has 166 valence electrons. The number of ether oxygens (including phenoxy) is 4. The normalized spacial score (nSPS) is 15.3. The number of fused-ring (bicyclic) bond motifs is 1. The van der Waals surface area contributed by atoms with Crippen LogP contribution in [0.2, 0.25) is 0 Å². The Morgan fingerprint density at radius 3 is 2.76 bits per heavy atom. The van der Waals surface area contributed by atoms with E-state index >= 15 is 0 Å². The van der Waals surface area contributed by atoms with Gasteiger partial charge in [-0.2, -0.15) is 0 Å². The molecule has 0 saturated heterocycles. The minimum atomic E-state index is 0. The lowest BCUT2D eigenvalue weighted by Gasteiger charge is -2.14. The fraction of sp³-hybridized carbons (Fsp3) is 0.667. The van der Waals surface area contributed by atoms with Gasteiger partial charge in [0.1, 0.15) is 17.6 Å². The van der Waals surface area contributed by atoms with E-state index in [1.165, 1.54) is 5.56 Å². The average Bonchev–Trinajstić information content (AvgIpc) is 3.04. The van der Waals surface area contributed by atoms with Crippen LogP contribution in [-0.2, 0) is 22.4 Å². The Kier molecular flexibility index (Phi) is 13.0. The first-order valence-corrected chi connectivity index (χ1v) is 10.2. The average molecular weight is 521 g/mol. The Bertz CT molecular complexity index is 628. The van der Waals surface area contributed by atoms with Gasteiger partial charge in [-0.3, -0.25) is 0 Å². The van der Waals surface area contributed by atoms with Crippen molar-refractivity contribution in [1.82, 2.24) is 10.6 Å². The van der Waals surface area contributed by atoms with Crippen LogP contribution < -0.4 is 20.1 Å². The molecule has 0 spiro atoms. The van der Waals surface area contributed by atoms with Crippen LogP contribution in [0.4, 0.5) is 0 Å². The van der Waals surface area contributed by atoms with Crippen LogP contribution in [0.5, 0.6) is 11.5 Å². The Balaban J connectivity index is 0.00000420. The van der Waals surface area contributed by atoms with Crippen LogP contribution in [0.1, 0.15) is 38.3 Å². The molecule has 1 heterocycles. The maximum absolute atomic E-state index is 5.90. The number of guanidine groups is 1. The molecule has 1 aromatic carbocycles. The van der Waals surface area contributed by atoms with Gasteiger partial charge < -0.3 is 29.6 Å². The summed E-state index contributed by atoms with van der Waals surface area (Å²) in [6.07, 6.45) is 2.05. The summed E-state index contributed by atoms with van der Waals surface area (Å²) in [5, 5.41) is 6.63. The summed E-state index contributed by atoms with van der Waals surface area (Å²) in [6.45, 7) is 10.9. The number of aliphatic imine (C=N–C) groups is 1. The first-order chi connectivity index (χ1) is 13.7. The Labute approximate surface area is 191 Å².